The number of carboxylic acid groups (broad SMARTS) is 1. The normalized spacial score (nSPS) is 24.8. The molecule has 0 saturated carbocycles. The van der Waals surface area contributed by atoms with Gasteiger partial charge in [0.2, 0.25) is 0 Å². The summed E-state index contributed by atoms with van der Waals surface area (Å²) in [5, 5.41) is 8.66. The topological polar surface area (TPSA) is 47.0 Å². The molecule has 0 atom stereocenters. The van der Waals surface area contributed by atoms with Crippen molar-refractivity contribution < 1.29 is 9.90 Å². The van der Waals surface area contributed by atoms with Crippen molar-refractivity contribution in [3.8, 4) is 0 Å². The van der Waals surface area contributed by atoms with Gasteiger partial charge < -0.3 is 14.9 Å². The van der Waals surface area contributed by atoms with Gasteiger partial charge in [0.15, 0.2) is 0 Å². The van der Waals surface area contributed by atoms with Crippen LogP contribution in [0.5, 0.6) is 0 Å². The predicted molar refractivity (Wildman–Crippen MR) is 66.1 cm³/mol. The van der Waals surface area contributed by atoms with E-state index in [0.29, 0.717) is 12.3 Å². The van der Waals surface area contributed by atoms with Crippen molar-refractivity contribution in [2.24, 2.45) is 5.92 Å². The third-order valence-electron chi connectivity index (χ3n) is 3.82. The van der Waals surface area contributed by atoms with Crippen molar-refractivity contribution in [1.29, 1.82) is 0 Å². The minimum absolute atomic E-state index is 0.338. The van der Waals surface area contributed by atoms with Crippen LogP contribution >= 0.6 is 0 Å². The van der Waals surface area contributed by atoms with Gasteiger partial charge in [-0.2, -0.15) is 0 Å². The Bertz CT molecular complexity index is 258. The maximum absolute atomic E-state index is 10.5. The fourth-order valence-electron chi connectivity index (χ4n) is 2.59. The zero-order valence-electron chi connectivity index (χ0n) is 10.6. The molecule has 2 heterocycles. The van der Waals surface area contributed by atoms with E-state index in [1.165, 1.54) is 26.2 Å². The largest absolute Gasteiger partial charge is 0.481 e. The predicted octanol–water partition coefficient (Wildman–Crippen LogP) is -0.360. The molecular weight excluding hydrogens is 218 g/mol. The van der Waals surface area contributed by atoms with Crippen LogP contribution in [0.25, 0.3) is 0 Å². The van der Waals surface area contributed by atoms with Gasteiger partial charge in [-0.15, -0.1) is 0 Å². The zero-order valence-corrected chi connectivity index (χ0v) is 10.6. The summed E-state index contributed by atoms with van der Waals surface area (Å²) in [4.78, 5) is 17.7. The molecule has 2 saturated heterocycles. The standard InChI is InChI=1S/C12H23N3O2/c1-13-2-4-14(5-3-13)6-7-15-9-11(10-15)8-12(16)17/h11H,2-10H2,1H3,(H,16,17). The van der Waals surface area contributed by atoms with Gasteiger partial charge >= 0.3 is 5.97 Å². The molecule has 0 unspecified atom stereocenters. The maximum Gasteiger partial charge on any atom is 0.303 e. The minimum Gasteiger partial charge on any atom is -0.481 e. The van der Waals surface area contributed by atoms with Gasteiger partial charge in [0.05, 0.1) is 6.42 Å². The Labute approximate surface area is 103 Å². The van der Waals surface area contributed by atoms with Crippen molar-refractivity contribution in [3.63, 3.8) is 0 Å². The summed E-state index contributed by atoms with van der Waals surface area (Å²) in [6.07, 6.45) is 0.338. The number of piperazine rings is 1. The second kappa shape index (κ2) is 5.80. The fourth-order valence-corrected chi connectivity index (χ4v) is 2.59. The van der Waals surface area contributed by atoms with Crippen molar-refractivity contribution in [2.75, 3.05) is 59.4 Å². The van der Waals surface area contributed by atoms with Gasteiger partial charge in [-0.3, -0.25) is 9.69 Å². The number of carbonyl (C=O) groups is 1. The van der Waals surface area contributed by atoms with E-state index in [0.717, 1.165) is 26.2 Å². The quantitative estimate of drug-likeness (QED) is 0.712. The summed E-state index contributed by atoms with van der Waals surface area (Å²) in [7, 11) is 2.17. The van der Waals surface area contributed by atoms with E-state index in [2.05, 4.69) is 21.7 Å². The number of hydrogen-bond acceptors (Lipinski definition) is 4. The molecule has 1 N–H and O–H groups in total. The Morgan fingerprint density at radius 3 is 2.29 bits per heavy atom. The highest BCUT2D eigenvalue weighted by atomic mass is 16.4. The summed E-state index contributed by atoms with van der Waals surface area (Å²) < 4.78 is 0. The lowest BCUT2D eigenvalue weighted by Crippen LogP contribution is -2.52. The first-order valence-corrected chi connectivity index (χ1v) is 6.48. The van der Waals surface area contributed by atoms with E-state index in [9.17, 15) is 4.79 Å². The molecule has 98 valence electrons. The van der Waals surface area contributed by atoms with Gasteiger partial charge in [0.25, 0.3) is 0 Å². The lowest BCUT2D eigenvalue weighted by atomic mass is 9.96. The molecule has 0 radical (unpaired) electrons. The molecule has 2 rings (SSSR count). The Hall–Kier alpha value is -0.650. The summed E-state index contributed by atoms with van der Waals surface area (Å²) in [6.45, 7) is 8.85. The molecule has 0 aromatic heterocycles. The van der Waals surface area contributed by atoms with E-state index in [1.807, 2.05) is 0 Å². The molecule has 17 heavy (non-hydrogen) atoms. The fraction of sp³-hybridized carbons (Fsp3) is 0.917. The van der Waals surface area contributed by atoms with Crippen LogP contribution in [0, 0.1) is 5.92 Å². The molecule has 5 nitrogen and oxygen atoms in total. The lowest BCUT2D eigenvalue weighted by Gasteiger charge is -2.40. The number of carboxylic acids is 1. The first-order chi connectivity index (χ1) is 8.13. The first kappa shape index (κ1) is 12.8. The van der Waals surface area contributed by atoms with E-state index in [-0.39, 0.29) is 0 Å². The number of nitrogens with zero attached hydrogens (tertiary/aromatic N) is 3. The smallest absolute Gasteiger partial charge is 0.303 e. The van der Waals surface area contributed by atoms with E-state index in [1.54, 1.807) is 0 Å². The SMILES string of the molecule is CN1CCN(CCN2CC(CC(=O)O)C2)CC1. The van der Waals surface area contributed by atoms with Gasteiger partial charge in [0, 0.05) is 52.4 Å². The van der Waals surface area contributed by atoms with Crippen molar-refractivity contribution in [3.05, 3.63) is 0 Å². The molecule has 0 spiro atoms. The van der Waals surface area contributed by atoms with Crippen LogP contribution in [0.15, 0.2) is 0 Å². The maximum atomic E-state index is 10.5. The molecule has 2 aliphatic rings. The van der Waals surface area contributed by atoms with Gasteiger partial charge in [-0.25, -0.2) is 0 Å². The van der Waals surface area contributed by atoms with Crippen LogP contribution in [0.3, 0.4) is 0 Å². The summed E-state index contributed by atoms with van der Waals surface area (Å²) in [5.41, 5.74) is 0. The third kappa shape index (κ3) is 3.94. The highest BCUT2D eigenvalue weighted by molar-refractivity contribution is 5.67. The molecule has 0 aromatic carbocycles. The first-order valence-electron chi connectivity index (χ1n) is 6.48. The Kier molecular flexibility index (Phi) is 4.36. The van der Waals surface area contributed by atoms with Crippen LogP contribution in [0.2, 0.25) is 0 Å². The van der Waals surface area contributed by atoms with Crippen molar-refractivity contribution >= 4 is 5.97 Å². The number of aliphatic carboxylic acids is 1. The van der Waals surface area contributed by atoms with Crippen molar-refractivity contribution in [1.82, 2.24) is 14.7 Å². The molecule has 0 bridgehead atoms. The molecule has 5 heteroatoms. The van der Waals surface area contributed by atoms with Gasteiger partial charge in [0.1, 0.15) is 0 Å². The molecule has 0 aromatic rings. The molecule has 2 fully saturated rings. The summed E-state index contributed by atoms with van der Waals surface area (Å²) in [6, 6.07) is 0. The van der Waals surface area contributed by atoms with E-state index in [4.69, 9.17) is 5.11 Å². The van der Waals surface area contributed by atoms with Crippen LogP contribution in [-0.2, 0) is 4.79 Å². The average Bonchev–Trinajstić information content (AvgIpc) is 2.23. The van der Waals surface area contributed by atoms with Crippen LogP contribution < -0.4 is 0 Å². The van der Waals surface area contributed by atoms with Gasteiger partial charge in [-0.05, 0) is 13.0 Å². The molecule has 0 amide bonds. The van der Waals surface area contributed by atoms with Crippen molar-refractivity contribution in [2.45, 2.75) is 6.42 Å². The summed E-state index contributed by atoms with van der Waals surface area (Å²) in [5.74, 6) is -0.270. The molecular formula is C12H23N3O2. The lowest BCUT2D eigenvalue weighted by molar-refractivity contribution is -0.139. The Balaban J connectivity index is 1.54. The number of likely N-dealkylation sites (tertiary alicyclic amines) is 1. The third-order valence-corrected chi connectivity index (χ3v) is 3.82. The monoisotopic (exact) mass is 241 g/mol. The molecule has 0 aliphatic carbocycles. The van der Waals surface area contributed by atoms with Crippen LogP contribution in [0.1, 0.15) is 6.42 Å². The second-order valence-electron chi connectivity index (χ2n) is 5.37. The minimum atomic E-state index is -0.659. The van der Waals surface area contributed by atoms with Gasteiger partial charge in [-0.1, -0.05) is 0 Å². The molecule has 2 aliphatic heterocycles. The Morgan fingerprint density at radius 2 is 1.71 bits per heavy atom. The highest BCUT2D eigenvalue weighted by Crippen LogP contribution is 2.18. The highest BCUT2D eigenvalue weighted by Gasteiger charge is 2.28. The zero-order chi connectivity index (χ0) is 12.3. The number of hydrogen-bond donors (Lipinski definition) is 1. The number of likely N-dealkylation sites (N-methyl/N-ethyl adjacent to an activating group) is 1. The Morgan fingerprint density at radius 1 is 1.12 bits per heavy atom. The summed E-state index contributed by atoms with van der Waals surface area (Å²) >= 11 is 0. The average molecular weight is 241 g/mol. The second-order valence-corrected chi connectivity index (χ2v) is 5.37. The van der Waals surface area contributed by atoms with Crippen LogP contribution in [0.4, 0.5) is 0 Å². The van der Waals surface area contributed by atoms with E-state index >= 15 is 0 Å². The van der Waals surface area contributed by atoms with E-state index < -0.39 is 5.97 Å². The van der Waals surface area contributed by atoms with Crippen LogP contribution in [-0.4, -0.2) is 85.2 Å². The number of rotatable bonds is 5.